The van der Waals surface area contributed by atoms with E-state index in [4.69, 9.17) is 14.5 Å². The molecule has 0 spiro atoms. The molecule has 1 aliphatic rings. The minimum atomic E-state index is -0.301. The minimum absolute atomic E-state index is 0.0657. The normalized spacial score (nSPS) is 15.1. The highest BCUT2D eigenvalue weighted by Crippen LogP contribution is 2.42. The predicted octanol–water partition coefficient (Wildman–Crippen LogP) is 5.50. The number of benzene rings is 3. The van der Waals surface area contributed by atoms with Crippen molar-refractivity contribution in [2.45, 2.75) is 13.0 Å². The number of ether oxygens (including phenoxy) is 2. The van der Waals surface area contributed by atoms with Crippen LogP contribution in [0.5, 0.6) is 5.75 Å². The lowest BCUT2D eigenvalue weighted by molar-refractivity contribution is -0.143. The summed E-state index contributed by atoms with van der Waals surface area (Å²) in [5.74, 6) is 1.07. The number of rotatable bonds is 6. The van der Waals surface area contributed by atoms with Gasteiger partial charge in [0.15, 0.2) is 0 Å². The molecule has 3 aromatic carbocycles. The fourth-order valence-electron chi connectivity index (χ4n) is 3.87. The summed E-state index contributed by atoms with van der Waals surface area (Å²) in [4.78, 5) is 19.6. The Hall–Kier alpha value is -3.12. The van der Waals surface area contributed by atoms with Gasteiger partial charge in [-0.15, -0.1) is 0 Å². The zero-order valence-electron chi connectivity index (χ0n) is 17.4. The fraction of sp³-hybridized carbons (Fsp3) is 0.200. The molecule has 1 heterocycles. The van der Waals surface area contributed by atoms with Gasteiger partial charge >= 0.3 is 5.97 Å². The summed E-state index contributed by atoms with van der Waals surface area (Å²) in [5.41, 5.74) is 3.76. The largest absolute Gasteiger partial charge is 0.496 e. The highest BCUT2D eigenvalue weighted by molar-refractivity contribution is 9.10. The first-order chi connectivity index (χ1) is 15.1. The SMILES string of the molecule is CCOC(=O)CN1C(c2ccccc2OC)=Nc2ccc(Br)cc2C1c1ccccc1. The van der Waals surface area contributed by atoms with Crippen LogP contribution < -0.4 is 4.74 Å². The number of para-hydroxylation sites is 1. The van der Waals surface area contributed by atoms with E-state index >= 15 is 0 Å². The molecule has 1 unspecified atom stereocenters. The van der Waals surface area contributed by atoms with Gasteiger partial charge < -0.3 is 14.4 Å². The van der Waals surface area contributed by atoms with Crippen molar-refractivity contribution in [3.63, 3.8) is 0 Å². The van der Waals surface area contributed by atoms with Crippen molar-refractivity contribution < 1.29 is 14.3 Å². The van der Waals surface area contributed by atoms with Crippen LogP contribution in [0, 0.1) is 0 Å². The number of hydrogen-bond donors (Lipinski definition) is 0. The Kier molecular flexibility index (Phi) is 6.37. The molecule has 0 saturated heterocycles. The van der Waals surface area contributed by atoms with Crippen LogP contribution in [0.3, 0.4) is 0 Å². The molecule has 0 N–H and O–H groups in total. The Morgan fingerprint density at radius 1 is 1.06 bits per heavy atom. The lowest BCUT2D eigenvalue weighted by atomic mass is 9.92. The highest BCUT2D eigenvalue weighted by Gasteiger charge is 2.34. The molecule has 0 amide bonds. The number of hydrogen-bond acceptors (Lipinski definition) is 5. The molecule has 158 valence electrons. The molecule has 6 heteroatoms. The first-order valence-electron chi connectivity index (χ1n) is 10.1. The standard InChI is InChI=1S/C25H23BrN2O3/c1-3-31-23(29)16-28-24(17-9-5-4-6-10-17)20-15-18(26)13-14-21(20)27-25(28)19-11-7-8-12-22(19)30-2/h4-15,24H,3,16H2,1-2H3. The molecule has 0 saturated carbocycles. The molecule has 5 nitrogen and oxygen atoms in total. The van der Waals surface area contributed by atoms with E-state index in [1.807, 2.05) is 66.4 Å². The molecule has 0 radical (unpaired) electrons. The number of aliphatic imine (C=N–C) groups is 1. The van der Waals surface area contributed by atoms with Gasteiger partial charge in [0, 0.05) is 10.0 Å². The molecule has 0 bridgehead atoms. The summed E-state index contributed by atoms with van der Waals surface area (Å²) >= 11 is 3.59. The van der Waals surface area contributed by atoms with Gasteiger partial charge in [0.1, 0.15) is 18.1 Å². The van der Waals surface area contributed by atoms with Crippen LogP contribution in [0.2, 0.25) is 0 Å². The van der Waals surface area contributed by atoms with Crippen molar-refractivity contribution in [3.8, 4) is 5.75 Å². The van der Waals surface area contributed by atoms with Crippen LogP contribution in [0.4, 0.5) is 5.69 Å². The van der Waals surface area contributed by atoms with Crippen LogP contribution in [-0.4, -0.2) is 37.0 Å². The van der Waals surface area contributed by atoms with Crippen LogP contribution in [0.15, 0.2) is 82.3 Å². The molecule has 0 aliphatic carbocycles. The Bertz CT molecular complexity index is 1110. The van der Waals surface area contributed by atoms with Crippen LogP contribution in [0.25, 0.3) is 0 Å². The molecule has 0 fully saturated rings. The summed E-state index contributed by atoms with van der Waals surface area (Å²) in [6.45, 7) is 2.20. The average Bonchev–Trinajstić information content (AvgIpc) is 2.79. The van der Waals surface area contributed by atoms with Gasteiger partial charge in [-0.1, -0.05) is 58.4 Å². The molecule has 31 heavy (non-hydrogen) atoms. The van der Waals surface area contributed by atoms with Crippen molar-refractivity contribution in [1.82, 2.24) is 4.90 Å². The quantitative estimate of drug-likeness (QED) is 0.438. The number of amidine groups is 1. The zero-order chi connectivity index (χ0) is 21.8. The van der Waals surface area contributed by atoms with Crippen molar-refractivity contribution in [1.29, 1.82) is 0 Å². The van der Waals surface area contributed by atoms with Gasteiger partial charge in [-0.3, -0.25) is 4.79 Å². The monoisotopic (exact) mass is 478 g/mol. The number of halogens is 1. The van der Waals surface area contributed by atoms with E-state index in [1.54, 1.807) is 7.11 Å². The lowest BCUT2D eigenvalue weighted by Crippen LogP contribution is -2.42. The fourth-order valence-corrected chi connectivity index (χ4v) is 4.24. The van der Waals surface area contributed by atoms with E-state index in [-0.39, 0.29) is 18.6 Å². The third-order valence-electron chi connectivity index (χ3n) is 5.16. The van der Waals surface area contributed by atoms with Crippen molar-refractivity contribution >= 4 is 33.4 Å². The first-order valence-corrected chi connectivity index (χ1v) is 10.9. The summed E-state index contributed by atoms with van der Waals surface area (Å²) in [7, 11) is 1.64. The smallest absolute Gasteiger partial charge is 0.325 e. The Balaban J connectivity index is 1.95. The lowest BCUT2D eigenvalue weighted by Gasteiger charge is -2.38. The predicted molar refractivity (Wildman–Crippen MR) is 125 cm³/mol. The number of esters is 1. The third-order valence-corrected chi connectivity index (χ3v) is 5.66. The molecular formula is C25H23BrN2O3. The van der Waals surface area contributed by atoms with Gasteiger partial charge in [-0.25, -0.2) is 4.99 Å². The number of methoxy groups -OCH3 is 1. The Morgan fingerprint density at radius 3 is 2.55 bits per heavy atom. The topological polar surface area (TPSA) is 51.1 Å². The van der Waals surface area contributed by atoms with Gasteiger partial charge in [0.25, 0.3) is 0 Å². The van der Waals surface area contributed by atoms with Gasteiger partial charge in [-0.2, -0.15) is 0 Å². The highest BCUT2D eigenvalue weighted by atomic mass is 79.9. The first kappa shape index (κ1) is 21.1. The van der Waals surface area contributed by atoms with E-state index in [0.29, 0.717) is 18.2 Å². The zero-order valence-corrected chi connectivity index (χ0v) is 19.0. The summed E-state index contributed by atoms with van der Waals surface area (Å²) in [6.07, 6.45) is 0. The van der Waals surface area contributed by atoms with Crippen molar-refractivity contribution in [2.75, 3.05) is 20.3 Å². The van der Waals surface area contributed by atoms with Gasteiger partial charge in [-0.05, 0) is 42.8 Å². The number of carbonyl (C=O) groups excluding carboxylic acids is 1. The maximum atomic E-state index is 12.6. The maximum Gasteiger partial charge on any atom is 0.325 e. The molecular weight excluding hydrogens is 456 g/mol. The Labute approximate surface area is 190 Å². The second-order valence-electron chi connectivity index (χ2n) is 7.08. The van der Waals surface area contributed by atoms with Crippen LogP contribution >= 0.6 is 15.9 Å². The van der Waals surface area contributed by atoms with E-state index in [9.17, 15) is 4.79 Å². The van der Waals surface area contributed by atoms with E-state index in [0.717, 1.165) is 26.9 Å². The van der Waals surface area contributed by atoms with Gasteiger partial charge in [0.2, 0.25) is 0 Å². The number of nitrogens with zero attached hydrogens (tertiary/aromatic N) is 2. The molecule has 0 aromatic heterocycles. The second-order valence-corrected chi connectivity index (χ2v) is 8.00. The summed E-state index contributed by atoms with van der Waals surface area (Å²) < 4.78 is 11.9. The van der Waals surface area contributed by atoms with E-state index in [2.05, 4.69) is 34.1 Å². The van der Waals surface area contributed by atoms with E-state index in [1.165, 1.54) is 0 Å². The van der Waals surface area contributed by atoms with Crippen LogP contribution in [-0.2, 0) is 9.53 Å². The second kappa shape index (κ2) is 9.35. The third kappa shape index (κ3) is 4.35. The number of carbonyl (C=O) groups is 1. The van der Waals surface area contributed by atoms with Crippen molar-refractivity contribution in [2.24, 2.45) is 4.99 Å². The maximum absolute atomic E-state index is 12.6. The van der Waals surface area contributed by atoms with Gasteiger partial charge in [0.05, 0.1) is 31.0 Å². The van der Waals surface area contributed by atoms with Crippen molar-refractivity contribution in [3.05, 3.63) is 94.0 Å². The minimum Gasteiger partial charge on any atom is -0.496 e. The number of fused-ring (bicyclic) bond motifs is 1. The van der Waals surface area contributed by atoms with E-state index < -0.39 is 0 Å². The Morgan fingerprint density at radius 2 is 1.81 bits per heavy atom. The summed E-state index contributed by atoms with van der Waals surface area (Å²) in [6, 6.07) is 23.7. The van der Waals surface area contributed by atoms with Crippen LogP contribution in [0.1, 0.15) is 29.7 Å². The summed E-state index contributed by atoms with van der Waals surface area (Å²) in [5, 5.41) is 0. The molecule has 1 atom stereocenters. The molecule has 1 aliphatic heterocycles. The molecule has 4 rings (SSSR count). The molecule has 3 aromatic rings. The average molecular weight is 479 g/mol.